The van der Waals surface area contributed by atoms with Gasteiger partial charge in [-0.15, -0.1) is 0 Å². The minimum Gasteiger partial charge on any atom is -0.503 e. The Kier molecular flexibility index (Phi) is 7.01. The molecule has 5 rings (SSSR count). The smallest absolute Gasteiger partial charge is 0.210 e. The van der Waals surface area contributed by atoms with E-state index >= 15 is 0 Å². The SMILES string of the molecule is C[n+]1cccc(O)c1.c1ccc([B-](c2ccccc2)(c2ccccc2)c2ccccc2)cc1. The summed E-state index contributed by atoms with van der Waals surface area (Å²) in [5.41, 5.74) is 5.36. The summed E-state index contributed by atoms with van der Waals surface area (Å²) in [6.45, 7) is 0. The number of hydrogen-bond acceptors (Lipinski definition) is 1. The van der Waals surface area contributed by atoms with Crippen LogP contribution in [0, 0.1) is 0 Å². The molecule has 0 radical (unpaired) electrons. The molecule has 0 amide bonds. The summed E-state index contributed by atoms with van der Waals surface area (Å²) in [6.07, 6.45) is 2.28. The van der Waals surface area contributed by atoms with E-state index < -0.39 is 6.15 Å². The van der Waals surface area contributed by atoms with E-state index in [0.717, 1.165) is 0 Å². The Labute approximate surface area is 196 Å². The Bertz CT molecular complexity index is 1080. The molecule has 0 saturated heterocycles. The first-order valence-corrected chi connectivity index (χ1v) is 11.2. The molecule has 0 aliphatic heterocycles. The second-order valence-corrected chi connectivity index (χ2v) is 8.24. The van der Waals surface area contributed by atoms with Crippen molar-refractivity contribution in [2.24, 2.45) is 7.05 Å². The van der Waals surface area contributed by atoms with Gasteiger partial charge in [-0.2, -0.15) is 21.9 Å². The van der Waals surface area contributed by atoms with Gasteiger partial charge in [-0.1, -0.05) is 121 Å². The van der Waals surface area contributed by atoms with E-state index in [9.17, 15) is 0 Å². The zero-order chi connectivity index (χ0) is 22.9. The molecule has 0 unspecified atom stereocenters. The maximum absolute atomic E-state index is 8.79. The van der Waals surface area contributed by atoms with Crippen LogP contribution in [0.5, 0.6) is 5.75 Å². The largest absolute Gasteiger partial charge is 0.503 e. The summed E-state index contributed by atoms with van der Waals surface area (Å²) < 4.78 is 1.79. The van der Waals surface area contributed by atoms with Crippen LogP contribution in [0.4, 0.5) is 0 Å². The van der Waals surface area contributed by atoms with Crippen molar-refractivity contribution >= 4 is 28.0 Å². The number of aromatic hydroxyl groups is 1. The average Bonchev–Trinajstić information content (AvgIpc) is 2.88. The number of aromatic nitrogens is 1. The summed E-state index contributed by atoms with van der Waals surface area (Å²) in [5.74, 6) is 0.301. The van der Waals surface area contributed by atoms with Crippen LogP contribution in [0.3, 0.4) is 0 Å². The topological polar surface area (TPSA) is 24.1 Å². The van der Waals surface area contributed by atoms with Gasteiger partial charge in [0.1, 0.15) is 13.2 Å². The normalized spacial score (nSPS) is 10.7. The lowest BCUT2D eigenvalue weighted by molar-refractivity contribution is -0.671. The molecule has 4 aromatic carbocycles. The lowest BCUT2D eigenvalue weighted by atomic mass is 9.13. The molecule has 33 heavy (non-hydrogen) atoms. The van der Waals surface area contributed by atoms with Crippen LogP contribution in [0.15, 0.2) is 146 Å². The average molecular weight is 429 g/mol. The maximum Gasteiger partial charge on any atom is 0.210 e. The van der Waals surface area contributed by atoms with Crippen LogP contribution in [-0.4, -0.2) is 11.3 Å². The Morgan fingerprint density at radius 3 is 1.06 bits per heavy atom. The number of aryl methyl sites for hydroxylation is 1. The van der Waals surface area contributed by atoms with Gasteiger partial charge in [0.05, 0.1) is 0 Å². The van der Waals surface area contributed by atoms with Crippen molar-refractivity contribution in [1.29, 1.82) is 0 Å². The fraction of sp³-hybridized carbons (Fsp3) is 0.0333. The van der Waals surface area contributed by atoms with Gasteiger partial charge >= 0.3 is 0 Å². The molecule has 0 atom stereocenters. The number of benzene rings is 4. The Morgan fingerprint density at radius 1 is 0.485 bits per heavy atom. The molecule has 1 N–H and O–H groups in total. The van der Waals surface area contributed by atoms with Gasteiger partial charge in [0.15, 0.2) is 11.9 Å². The molecule has 162 valence electrons. The van der Waals surface area contributed by atoms with Crippen molar-refractivity contribution in [3.05, 3.63) is 146 Å². The summed E-state index contributed by atoms with van der Waals surface area (Å²) >= 11 is 0. The second kappa shape index (κ2) is 10.5. The van der Waals surface area contributed by atoms with Crippen LogP contribution in [-0.2, 0) is 7.05 Å². The van der Waals surface area contributed by atoms with Gasteiger partial charge < -0.3 is 5.11 Å². The fourth-order valence-electron chi connectivity index (χ4n) is 4.69. The first kappa shape index (κ1) is 22.1. The molecule has 1 heterocycles. The number of rotatable bonds is 4. The van der Waals surface area contributed by atoms with E-state index in [0.29, 0.717) is 5.75 Å². The quantitative estimate of drug-likeness (QED) is 0.344. The van der Waals surface area contributed by atoms with Crippen molar-refractivity contribution in [2.75, 3.05) is 0 Å². The summed E-state index contributed by atoms with van der Waals surface area (Å²) in [5, 5.41) is 8.79. The third-order valence-corrected chi connectivity index (χ3v) is 6.12. The molecule has 0 aliphatic rings. The molecule has 0 fully saturated rings. The van der Waals surface area contributed by atoms with Gasteiger partial charge in [0.25, 0.3) is 0 Å². The molecule has 3 heteroatoms. The standard InChI is InChI=1S/C24H20B.C6H7NO/c1-5-13-21(14-6-1)25(22-15-7-2-8-16-22,23-17-9-3-10-18-23)24-19-11-4-12-20-24;1-7-4-2-3-6(8)5-7/h1-20H;2-5H,1H3/q-1;/p+1. The zero-order valence-electron chi connectivity index (χ0n) is 18.8. The molecule has 0 bridgehead atoms. The van der Waals surface area contributed by atoms with E-state index in [4.69, 9.17) is 5.11 Å². The molecular weight excluding hydrogens is 401 g/mol. The van der Waals surface area contributed by atoms with Gasteiger partial charge in [0, 0.05) is 6.07 Å². The van der Waals surface area contributed by atoms with E-state index in [1.807, 2.05) is 13.2 Å². The molecule has 1 aromatic heterocycles. The minimum absolute atomic E-state index is 0.301. The molecule has 5 aromatic rings. The highest BCUT2D eigenvalue weighted by molar-refractivity contribution is 7.19. The Morgan fingerprint density at radius 2 is 0.818 bits per heavy atom. The van der Waals surface area contributed by atoms with Crippen molar-refractivity contribution in [1.82, 2.24) is 0 Å². The summed E-state index contributed by atoms with van der Waals surface area (Å²) in [4.78, 5) is 0. The molecule has 0 saturated carbocycles. The van der Waals surface area contributed by atoms with E-state index in [-0.39, 0.29) is 0 Å². The highest BCUT2D eigenvalue weighted by atomic mass is 16.3. The lowest BCUT2D eigenvalue weighted by Crippen LogP contribution is -2.74. The molecular formula is C30H28BNO. The summed E-state index contributed by atoms with van der Waals surface area (Å²) in [7, 11) is 1.86. The number of nitrogens with zero attached hydrogens (tertiary/aromatic N) is 1. The van der Waals surface area contributed by atoms with Crippen LogP contribution >= 0.6 is 0 Å². The minimum atomic E-state index is -1.22. The van der Waals surface area contributed by atoms with Crippen LogP contribution in [0.1, 0.15) is 0 Å². The van der Waals surface area contributed by atoms with Crippen LogP contribution < -0.4 is 26.4 Å². The van der Waals surface area contributed by atoms with Crippen molar-refractivity contribution in [3.63, 3.8) is 0 Å². The van der Waals surface area contributed by atoms with Crippen LogP contribution in [0.2, 0.25) is 0 Å². The fourth-order valence-corrected chi connectivity index (χ4v) is 4.69. The number of hydrogen-bond donors (Lipinski definition) is 1. The predicted octanol–water partition coefficient (Wildman–Crippen LogP) is 3.28. The van der Waals surface area contributed by atoms with Crippen molar-refractivity contribution < 1.29 is 9.67 Å². The van der Waals surface area contributed by atoms with Gasteiger partial charge in [-0.25, -0.2) is 4.57 Å². The van der Waals surface area contributed by atoms with Crippen LogP contribution in [0.25, 0.3) is 0 Å². The molecule has 0 aliphatic carbocycles. The molecule has 0 spiro atoms. The monoisotopic (exact) mass is 429 g/mol. The highest BCUT2D eigenvalue weighted by Gasteiger charge is 2.30. The summed E-state index contributed by atoms with van der Waals surface area (Å²) in [6, 6.07) is 47.0. The second-order valence-electron chi connectivity index (χ2n) is 8.24. The Hall–Kier alpha value is -4.11. The van der Waals surface area contributed by atoms with E-state index in [2.05, 4.69) is 121 Å². The third kappa shape index (κ3) is 4.88. The predicted molar refractivity (Wildman–Crippen MR) is 139 cm³/mol. The van der Waals surface area contributed by atoms with E-state index in [1.54, 1.807) is 22.9 Å². The Balaban J connectivity index is 0.000000275. The zero-order valence-corrected chi connectivity index (χ0v) is 18.8. The third-order valence-electron chi connectivity index (χ3n) is 6.12. The number of pyridine rings is 1. The first-order valence-electron chi connectivity index (χ1n) is 11.2. The van der Waals surface area contributed by atoms with Gasteiger partial charge in [-0.05, 0) is 6.07 Å². The highest BCUT2D eigenvalue weighted by Crippen LogP contribution is 2.09. The van der Waals surface area contributed by atoms with E-state index in [1.165, 1.54) is 21.9 Å². The van der Waals surface area contributed by atoms with Gasteiger partial charge in [0.2, 0.25) is 6.20 Å². The lowest BCUT2D eigenvalue weighted by Gasteiger charge is -2.44. The van der Waals surface area contributed by atoms with Crippen molar-refractivity contribution in [2.45, 2.75) is 0 Å². The van der Waals surface area contributed by atoms with Gasteiger partial charge in [-0.3, -0.25) is 0 Å². The first-order chi connectivity index (χ1) is 16.2. The molecule has 2 nitrogen and oxygen atoms in total. The maximum atomic E-state index is 8.79. The van der Waals surface area contributed by atoms with Crippen molar-refractivity contribution in [3.8, 4) is 5.75 Å².